The van der Waals surface area contributed by atoms with Crippen LogP contribution >= 0.6 is 0 Å². The molecule has 0 radical (unpaired) electrons. The number of carbonyl (C=O) groups excluding carboxylic acids is 4. The van der Waals surface area contributed by atoms with Gasteiger partial charge in [0.15, 0.2) is 6.61 Å². The van der Waals surface area contributed by atoms with Gasteiger partial charge in [-0.05, 0) is 18.1 Å². The fourth-order valence-electron chi connectivity index (χ4n) is 3.45. The molecule has 0 saturated heterocycles. The number of Topliss-reactive ketones (excluding diaryl/α,β-unsaturated/α-hetero) is 1. The van der Waals surface area contributed by atoms with E-state index in [2.05, 4.69) is 5.32 Å². The lowest BCUT2D eigenvalue weighted by Crippen LogP contribution is -2.35. The molecule has 0 heterocycles. The normalized spacial score (nSPS) is 20.8. The smallest absolute Gasteiger partial charge is 0.307 e. The third-order valence-electron chi connectivity index (χ3n) is 4.90. The van der Waals surface area contributed by atoms with Gasteiger partial charge in [0.25, 0.3) is 11.8 Å². The van der Waals surface area contributed by atoms with Gasteiger partial charge in [-0.25, -0.2) is 0 Å². The highest BCUT2D eigenvalue weighted by atomic mass is 16.6. The van der Waals surface area contributed by atoms with Gasteiger partial charge in [-0.1, -0.05) is 19.1 Å². The van der Waals surface area contributed by atoms with Crippen molar-refractivity contribution in [3.05, 3.63) is 39.9 Å². The first-order valence-electron chi connectivity index (χ1n) is 9.00. The van der Waals surface area contributed by atoms with Gasteiger partial charge >= 0.3 is 5.97 Å². The maximum atomic E-state index is 12.1. The van der Waals surface area contributed by atoms with E-state index < -0.39 is 47.7 Å². The molecule has 156 valence electrons. The van der Waals surface area contributed by atoms with Gasteiger partial charge in [-0.3, -0.25) is 34.6 Å². The summed E-state index contributed by atoms with van der Waals surface area (Å²) in [5.74, 6) is -3.89. The molecule has 0 spiro atoms. The van der Waals surface area contributed by atoms with E-state index in [4.69, 9.17) is 9.47 Å². The summed E-state index contributed by atoms with van der Waals surface area (Å²) in [5, 5.41) is 12.9. The number of para-hydroxylation sites is 1. The molecule has 1 aliphatic rings. The highest BCUT2D eigenvalue weighted by Crippen LogP contribution is 2.36. The summed E-state index contributed by atoms with van der Waals surface area (Å²) in [4.78, 5) is 58.4. The number of amides is 2. The molecule has 1 fully saturated rings. The average Bonchev–Trinajstić information content (AvgIpc) is 2.92. The molecule has 1 aromatic rings. The third-order valence-corrected chi connectivity index (χ3v) is 4.90. The van der Waals surface area contributed by atoms with Crippen LogP contribution in [0.4, 0.5) is 0 Å². The van der Waals surface area contributed by atoms with Gasteiger partial charge < -0.3 is 9.47 Å². The van der Waals surface area contributed by atoms with E-state index in [1.165, 1.54) is 13.2 Å². The number of hydrogen-bond acceptors (Lipinski definition) is 8. The van der Waals surface area contributed by atoms with Gasteiger partial charge in [0.05, 0.1) is 19.1 Å². The molecule has 0 aliphatic heterocycles. The molecule has 2 rings (SSSR count). The Hall–Kier alpha value is -3.30. The van der Waals surface area contributed by atoms with Crippen LogP contribution in [-0.4, -0.2) is 48.8 Å². The fourth-order valence-corrected chi connectivity index (χ4v) is 3.45. The number of methoxy groups -OCH3 is 1. The van der Waals surface area contributed by atoms with Crippen LogP contribution in [0.1, 0.15) is 30.1 Å². The van der Waals surface area contributed by atoms with Crippen molar-refractivity contribution in [2.45, 2.75) is 19.8 Å². The quantitative estimate of drug-likeness (QED) is 0.383. The molecular weight excluding hydrogens is 384 g/mol. The minimum absolute atomic E-state index is 0.142. The Morgan fingerprint density at radius 2 is 1.97 bits per heavy atom. The number of esters is 1. The number of nitro groups is 1. The van der Waals surface area contributed by atoms with Crippen molar-refractivity contribution in [2.24, 2.45) is 17.8 Å². The van der Waals surface area contributed by atoms with Gasteiger partial charge in [0, 0.05) is 23.2 Å². The van der Waals surface area contributed by atoms with E-state index in [-0.39, 0.29) is 35.9 Å². The number of carbonyl (C=O) groups is 4. The lowest BCUT2D eigenvalue weighted by Gasteiger charge is -2.17. The van der Waals surface area contributed by atoms with E-state index >= 15 is 0 Å². The van der Waals surface area contributed by atoms with E-state index in [1.54, 1.807) is 25.1 Å². The summed E-state index contributed by atoms with van der Waals surface area (Å²) < 4.78 is 9.88. The van der Waals surface area contributed by atoms with Crippen LogP contribution in [0.3, 0.4) is 0 Å². The van der Waals surface area contributed by atoms with E-state index in [0.717, 1.165) is 0 Å². The molecule has 10 heteroatoms. The van der Waals surface area contributed by atoms with Crippen molar-refractivity contribution in [2.75, 3.05) is 20.3 Å². The second-order valence-corrected chi connectivity index (χ2v) is 6.88. The van der Waals surface area contributed by atoms with Gasteiger partial charge in [0.1, 0.15) is 11.5 Å². The lowest BCUT2D eigenvalue weighted by molar-refractivity contribution is -0.490. The second kappa shape index (κ2) is 9.76. The summed E-state index contributed by atoms with van der Waals surface area (Å²) in [7, 11) is 1.38. The van der Waals surface area contributed by atoms with Crippen molar-refractivity contribution < 1.29 is 33.6 Å². The number of benzene rings is 1. The minimum atomic E-state index is -0.845. The maximum absolute atomic E-state index is 12.1. The van der Waals surface area contributed by atoms with Crippen LogP contribution in [0.5, 0.6) is 5.75 Å². The van der Waals surface area contributed by atoms with Crippen LogP contribution in [-0.2, 0) is 19.1 Å². The zero-order chi connectivity index (χ0) is 21.6. The zero-order valence-electron chi connectivity index (χ0n) is 16.1. The van der Waals surface area contributed by atoms with Crippen LogP contribution in [0, 0.1) is 27.9 Å². The van der Waals surface area contributed by atoms with Crippen molar-refractivity contribution in [1.29, 1.82) is 0 Å². The molecule has 0 aromatic heterocycles. The summed E-state index contributed by atoms with van der Waals surface area (Å²) in [6.45, 7) is 0.614. The molecule has 3 atom stereocenters. The predicted molar refractivity (Wildman–Crippen MR) is 98.7 cm³/mol. The Bertz CT molecular complexity index is 822. The Morgan fingerprint density at radius 3 is 2.62 bits per heavy atom. The van der Waals surface area contributed by atoms with Crippen molar-refractivity contribution >= 4 is 23.6 Å². The lowest BCUT2D eigenvalue weighted by atomic mass is 9.88. The second-order valence-electron chi connectivity index (χ2n) is 6.88. The van der Waals surface area contributed by atoms with Gasteiger partial charge in [0.2, 0.25) is 6.54 Å². The number of nitrogens with zero attached hydrogens (tertiary/aromatic N) is 1. The largest absolute Gasteiger partial charge is 0.496 e. The fraction of sp³-hybridized carbons (Fsp3) is 0.474. The first-order chi connectivity index (χ1) is 13.7. The van der Waals surface area contributed by atoms with E-state index in [0.29, 0.717) is 0 Å². The molecule has 1 aliphatic carbocycles. The van der Waals surface area contributed by atoms with Crippen LogP contribution < -0.4 is 10.1 Å². The molecule has 0 bridgehead atoms. The number of imide groups is 1. The monoisotopic (exact) mass is 406 g/mol. The van der Waals surface area contributed by atoms with E-state index in [1.807, 2.05) is 0 Å². The van der Waals surface area contributed by atoms with Crippen LogP contribution in [0.15, 0.2) is 24.3 Å². The molecular formula is C19H22N2O8. The first kappa shape index (κ1) is 22.0. The summed E-state index contributed by atoms with van der Waals surface area (Å²) >= 11 is 0. The molecule has 2 amide bonds. The van der Waals surface area contributed by atoms with Gasteiger partial charge in [-0.2, -0.15) is 0 Å². The number of hydrogen-bond donors (Lipinski definition) is 1. The Morgan fingerprint density at radius 1 is 1.28 bits per heavy atom. The highest BCUT2D eigenvalue weighted by Gasteiger charge is 2.44. The average molecular weight is 406 g/mol. The number of ether oxygens (including phenoxy) is 2. The Kier molecular flexibility index (Phi) is 7.40. The Balaban J connectivity index is 1.86. The van der Waals surface area contributed by atoms with E-state index in [9.17, 15) is 29.3 Å². The molecule has 0 unspecified atom stereocenters. The number of rotatable bonds is 8. The minimum Gasteiger partial charge on any atom is -0.496 e. The Labute approximate surface area is 166 Å². The summed E-state index contributed by atoms with van der Waals surface area (Å²) in [5.41, 5.74) is 0.142. The SMILES string of the molecule is COc1ccccc1C(=O)NC(=O)COC(=O)C[C@H]1C(=O)C[C@H](C)[C@H]1C[N+](=O)[O-]. The third kappa shape index (κ3) is 5.84. The summed E-state index contributed by atoms with van der Waals surface area (Å²) in [6.07, 6.45) is -0.167. The van der Waals surface area contributed by atoms with Crippen LogP contribution in [0.2, 0.25) is 0 Å². The maximum Gasteiger partial charge on any atom is 0.307 e. The summed E-state index contributed by atoms with van der Waals surface area (Å²) in [6, 6.07) is 6.29. The topological polar surface area (TPSA) is 142 Å². The number of ketones is 1. The molecule has 10 nitrogen and oxygen atoms in total. The number of nitrogens with one attached hydrogen (secondary N) is 1. The van der Waals surface area contributed by atoms with Gasteiger partial charge in [-0.15, -0.1) is 0 Å². The van der Waals surface area contributed by atoms with Crippen molar-refractivity contribution in [3.8, 4) is 5.75 Å². The van der Waals surface area contributed by atoms with Crippen molar-refractivity contribution in [3.63, 3.8) is 0 Å². The predicted octanol–water partition coefficient (Wildman–Crippen LogP) is 1.00. The molecule has 1 N–H and O–H groups in total. The molecule has 1 saturated carbocycles. The zero-order valence-corrected chi connectivity index (χ0v) is 16.1. The standard InChI is InChI=1S/C19H22N2O8/c1-11-7-15(22)13(14(11)9-21(26)27)8-18(24)29-10-17(23)20-19(25)12-5-3-4-6-16(12)28-2/h3-6,11,13-14H,7-10H2,1-2H3,(H,20,23,25)/t11-,13+,14+/m0/s1. The van der Waals surface area contributed by atoms with Crippen LogP contribution in [0.25, 0.3) is 0 Å². The molecule has 1 aromatic carbocycles. The molecule has 29 heavy (non-hydrogen) atoms. The first-order valence-corrected chi connectivity index (χ1v) is 9.00. The highest BCUT2D eigenvalue weighted by molar-refractivity contribution is 6.06. The van der Waals surface area contributed by atoms with Crippen molar-refractivity contribution in [1.82, 2.24) is 5.32 Å².